The van der Waals surface area contributed by atoms with Crippen molar-refractivity contribution in [2.24, 2.45) is 0 Å². The monoisotopic (exact) mass is 1230 g/mol. The average molecular weight is 1230 g/mol. The van der Waals surface area contributed by atoms with Crippen LogP contribution in [0.3, 0.4) is 0 Å². The number of hydrogen-bond acceptors (Lipinski definition) is 4. The SMILES string of the molecule is CCc1cc(CC)cc(-c2ccc(N(C3=CCC(c4cc(CC)cc(CC)c4)C=C3)c3ccc4c(c3)C3(c5cc(C#N)ccc5-c5ccc(C#N)cc53)c3cc(N(c5ccc(-c6cc(CC)cc(CC)c6)cc5)c5ccc(-c6cc(CC)cc(CC)c6)cc5)ccc3-4)cc2)c1. The maximum atomic E-state index is 10.9. The van der Waals surface area contributed by atoms with Crippen molar-refractivity contribution in [2.45, 2.75) is 125 Å². The fraction of sp³-hybridized carbons (Fsp3) is 0.209. The van der Waals surface area contributed by atoms with Gasteiger partial charge in [0.05, 0.1) is 28.7 Å². The molecule has 14 rings (SSSR count). The van der Waals surface area contributed by atoms with Gasteiger partial charge in [0.25, 0.3) is 0 Å². The highest BCUT2D eigenvalue weighted by Crippen LogP contribution is 2.64. The standard InChI is InChI=1S/C91H82N4/c1-9-59-41-60(10-2)46-73(45-59)69-19-27-77(28-20-69)94(78-29-21-70(22-30-78)74-47-61(11-3)42-62(12-4)48-74)81-35-39-85-86-40-36-82(56-90(86)91(89(85)55-81)87-53-67(57-92)17-37-83(87)84-38-18-68(58-93)54-88(84)91)95(79-31-23-71(24-32-79)75-49-63(13-5)43-64(14-6)50-75)80-33-25-72(26-34-80)76-51-65(15-7)44-66(16-8)52-76/h17-25,27-56,72H,9-16,26H2,1-8H3. The van der Waals surface area contributed by atoms with Crippen LogP contribution in [0.25, 0.3) is 55.6 Å². The molecule has 0 saturated carbocycles. The maximum absolute atomic E-state index is 10.9. The number of benzene rings is 11. The third-order valence-electron chi connectivity index (χ3n) is 20.7. The van der Waals surface area contributed by atoms with Crippen LogP contribution in [0.4, 0.5) is 28.4 Å². The predicted molar refractivity (Wildman–Crippen MR) is 398 cm³/mol. The van der Waals surface area contributed by atoms with Gasteiger partial charge in [0.15, 0.2) is 0 Å². The first-order valence-corrected chi connectivity index (χ1v) is 34.7. The molecule has 4 heteroatoms. The Morgan fingerprint density at radius 2 is 0.632 bits per heavy atom. The molecule has 0 radical (unpaired) electrons. The highest BCUT2D eigenvalue weighted by atomic mass is 15.2. The smallest absolute Gasteiger partial charge is 0.0991 e. The quantitative estimate of drug-likeness (QED) is 0.0859. The minimum absolute atomic E-state index is 0.245. The van der Waals surface area contributed by atoms with Gasteiger partial charge >= 0.3 is 0 Å². The summed E-state index contributed by atoms with van der Waals surface area (Å²) in [7, 11) is 0. The molecule has 3 aliphatic rings. The molecule has 3 aliphatic carbocycles. The van der Waals surface area contributed by atoms with Crippen LogP contribution in [0.5, 0.6) is 0 Å². The second-order valence-electron chi connectivity index (χ2n) is 26.1. The number of fused-ring (bicyclic) bond motifs is 10. The third kappa shape index (κ3) is 11.3. The normalized spacial score (nSPS) is 13.7. The Kier molecular flexibility index (Phi) is 17.0. The molecule has 0 bridgehead atoms. The van der Waals surface area contributed by atoms with Crippen molar-refractivity contribution in [2.75, 3.05) is 9.80 Å². The van der Waals surface area contributed by atoms with Crippen molar-refractivity contribution >= 4 is 28.4 Å². The van der Waals surface area contributed by atoms with Crippen LogP contribution < -0.4 is 9.80 Å². The molecule has 4 nitrogen and oxygen atoms in total. The lowest BCUT2D eigenvalue weighted by molar-refractivity contribution is 0.792. The highest BCUT2D eigenvalue weighted by Gasteiger charge is 2.53. The molecule has 1 atom stereocenters. The molecule has 0 saturated heterocycles. The topological polar surface area (TPSA) is 54.1 Å². The molecular formula is C91H82N4. The molecule has 11 aromatic carbocycles. The van der Waals surface area contributed by atoms with Gasteiger partial charge in [0.1, 0.15) is 0 Å². The first kappa shape index (κ1) is 62.0. The Hall–Kier alpha value is -10.5. The van der Waals surface area contributed by atoms with Gasteiger partial charge in [-0.1, -0.05) is 201 Å². The summed E-state index contributed by atoms with van der Waals surface area (Å²) in [6, 6.07) is 87.4. The molecule has 0 aliphatic heterocycles. The Bertz CT molecular complexity index is 4670. The number of aryl methyl sites for hydroxylation is 8. The van der Waals surface area contributed by atoms with E-state index in [0.29, 0.717) is 11.1 Å². The molecule has 1 spiro atoms. The number of allylic oxidation sites excluding steroid dienone is 3. The summed E-state index contributed by atoms with van der Waals surface area (Å²) >= 11 is 0. The zero-order valence-electron chi connectivity index (χ0n) is 56.2. The van der Waals surface area contributed by atoms with E-state index in [2.05, 4.69) is 302 Å². The van der Waals surface area contributed by atoms with Gasteiger partial charge in [-0.2, -0.15) is 10.5 Å². The molecular weight excluding hydrogens is 1150 g/mol. The van der Waals surface area contributed by atoms with Crippen LogP contribution in [-0.2, 0) is 56.8 Å². The Morgan fingerprint density at radius 1 is 0.326 bits per heavy atom. The third-order valence-corrected chi connectivity index (χ3v) is 20.7. The molecule has 11 aromatic rings. The highest BCUT2D eigenvalue weighted by molar-refractivity contribution is 5.98. The van der Waals surface area contributed by atoms with E-state index in [1.54, 1.807) is 0 Å². The maximum Gasteiger partial charge on any atom is 0.0991 e. The van der Waals surface area contributed by atoms with Crippen LogP contribution >= 0.6 is 0 Å². The van der Waals surface area contributed by atoms with E-state index >= 15 is 0 Å². The van der Waals surface area contributed by atoms with Crippen molar-refractivity contribution in [1.82, 2.24) is 0 Å². The van der Waals surface area contributed by atoms with E-state index in [-0.39, 0.29) is 5.92 Å². The summed E-state index contributed by atoms with van der Waals surface area (Å²) in [5.41, 5.74) is 34.6. The molecule has 0 amide bonds. The van der Waals surface area contributed by atoms with Crippen molar-refractivity contribution in [3.05, 3.63) is 326 Å². The van der Waals surface area contributed by atoms with Crippen LogP contribution in [0.1, 0.15) is 151 Å². The van der Waals surface area contributed by atoms with Gasteiger partial charge in [-0.25, -0.2) is 0 Å². The summed E-state index contributed by atoms with van der Waals surface area (Å²) in [6.45, 7) is 17.9. The van der Waals surface area contributed by atoms with Crippen LogP contribution in [-0.4, -0.2) is 0 Å². The van der Waals surface area contributed by atoms with E-state index < -0.39 is 5.41 Å². The summed E-state index contributed by atoms with van der Waals surface area (Å²) < 4.78 is 0. The van der Waals surface area contributed by atoms with E-state index in [1.807, 2.05) is 12.1 Å². The van der Waals surface area contributed by atoms with E-state index in [0.717, 1.165) is 136 Å². The summed E-state index contributed by atoms with van der Waals surface area (Å²) in [4.78, 5) is 4.86. The zero-order chi connectivity index (χ0) is 65.5. The van der Waals surface area contributed by atoms with Gasteiger partial charge < -0.3 is 9.80 Å². The summed E-state index contributed by atoms with van der Waals surface area (Å²) in [6.07, 6.45) is 15.9. The Morgan fingerprint density at radius 3 is 0.958 bits per heavy atom. The van der Waals surface area contributed by atoms with Crippen LogP contribution in [0.2, 0.25) is 0 Å². The molecule has 0 aromatic heterocycles. The van der Waals surface area contributed by atoms with E-state index in [4.69, 9.17) is 0 Å². The van der Waals surface area contributed by atoms with Gasteiger partial charge in [0, 0.05) is 40.1 Å². The van der Waals surface area contributed by atoms with Gasteiger partial charge in [-0.05, 0) is 277 Å². The lowest BCUT2D eigenvalue weighted by atomic mass is 9.70. The molecule has 0 fully saturated rings. The lowest BCUT2D eigenvalue weighted by Gasteiger charge is -2.34. The van der Waals surface area contributed by atoms with E-state index in [1.165, 1.54) is 83.5 Å². The van der Waals surface area contributed by atoms with Crippen molar-refractivity contribution in [1.29, 1.82) is 10.5 Å². The predicted octanol–water partition coefficient (Wildman–Crippen LogP) is 23.5. The van der Waals surface area contributed by atoms with Crippen LogP contribution in [0, 0.1) is 22.7 Å². The van der Waals surface area contributed by atoms with Crippen LogP contribution in [0.15, 0.2) is 242 Å². The van der Waals surface area contributed by atoms with Gasteiger partial charge in [-0.15, -0.1) is 0 Å². The zero-order valence-corrected chi connectivity index (χ0v) is 56.2. The number of rotatable bonds is 18. The first-order valence-electron chi connectivity index (χ1n) is 34.7. The average Bonchev–Trinajstić information content (AvgIpc) is 1.51. The molecule has 95 heavy (non-hydrogen) atoms. The summed E-state index contributed by atoms with van der Waals surface area (Å²) in [5, 5.41) is 21.8. The fourth-order valence-electron chi connectivity index (χ4n) is 15.4. The van der Waals surface area contributed by atoms with Crippen molar-refractivity contribution in [3.8, 4) is 67.8 Å². The lowest BCUT2D eigenvalue weighted by Crippen LogP contribution is -2.27. The largest absolute Gasteiger partial charge is 0.311 e. The molecule has 0 N–H and O–H groups in total. The van der Waals surface area contributed by atoms with Crippen molar-refractivity contribution in [3.63, 3.8) is 0 Å². The van der Waals surface area contributed by atoms with Crippen molar-refractivity contribution < 1.29 is 0 Å². The minimum atomic E-state index is -0.941. The van der Waals surface area contributed by atoms with Gasteiger partial charge in [0.2, 0.25) is 0 Å². The number of nitriles is 2. The fourth-order valence-corrected chi connectivity index (χ4v) is 15.4. The minimum Gasteiger partial charge on any atom is -0.311 e. The number of nitrogens with zero attached hydrogens (tertiary/aromatic N) is 4. The summed E-state index contributed by atoms with van der Waals surface area (Å²) in [5.74, 6) is 0.245. The van der Waals surface area contributed by atoms with E-state index in [9.17, 15) is 10.5 Å². The molecule has 466 valence electrons. The molecule has 0 heterocycles. The second kappa shape index (κ2) is 26.1. The van der Waals surface area contributed by atoms with Gasteiger partial charge in [-0.3, -0.25) is 0 Å². The molecule has 1 unspecified atom stereocenters. The second-order valence-corrected chi connectivity index (χ2v) is 26.1. The number of hydrogen-bond donors (Lipinski definition) is 0. The Labute approximate surface area is 563 Å². The Balaban J connectivity index is 0.966. The number of anilines is 5. The first-order chi connectivity index (χ1) is 46.5.